The largest absolute Gasteiger partial charge is 0.355 e. The summed E-state index contributed by atoms with van der Waals surface area (Å²) in [5.41, 5.74) is 1.86. The van der Waals surface area contributed by atoms with Crippen molar-refractivity contribution in [3.63, 3.8) is 0 Å². The lowest BCUT2D eigenvalue weighted by Crippen LogP contribution is -2.36. The molecule has 0 radical (unpaired) electrons. The summed E-state index contributed by atoms with van der Waals surface area (Å²) in [6, 6.07) is 7.62. The predicted molar refractivity (Wildman–Crippen MR) is 105 cm³/mol. The summed E-state index contributed by atoms with van der Waals surface area (Å²) >= 11 is 0. The van der Waals surface area contributed by atoms with Crippen molar-refractivity contribution >= 4 is 21.6 Å². The van der Waals surface area contributed by atoms with Gasteiger partial charge >= 0.3 is 0 Å². The third kappa shape index (κ3) is 5.00. The molecule has 0 unspecified atom stereocenters. The average Bonchev–Trinajstić information content (AvgIpc) is 3.07. The van der Waals surface area contributed by atoms with Crippen LogP contribution in [0, 0.1) is 5.92 Å². The standard InChI is InChI=1S/C20H30N2O3S/c23-20(12-6-9-17-7-2-1-3-8-17)21-14-16-26(24,25)22-15-13-18-10-4-5-11-19(18)22/h4-5,10-11,17H,1-3,6-9,12-16H2,(H,21,23). The van der Waals surface area contributed by atoms with Crippen LogP contribution in [0.4, 0.5) is 5.69 Å². The number of nitrogens with one attached hydrogen (secondary N) is 1. The normalized spacial score (nSPS) is 17.9. The fourth-order valence-electron chi connectivity index (χ4n) is 4.14. The van der Waals surface area contributed by atoms with E-state index in [1.807, 2.05) is 24.3 Å². The first-order valence-electron chi connectivity index (χ1n) is 9.91. The molecule has 1 heterocycles. The highest BCUT2D eigenvalue weighted by Gasteiger charge is 2.28. The molecule has 3 rings (SSSR count). The number of anilines is 1. The van der Waals surface area contributed by atoms with Crippen LogP contribution in [-0.2, 0) is 21.2 Å². The summed E-state index contributed by atoms with van der Waals surface area (Å²) < 4.78 is 26.6. The fourth-order valence-corrected chi connectivity index (χ4v) is 5.57. The molecule has 1 saturated carbocycles. The van der Waals surface area contributed by atoms with Gasteiger partial charge in [-0.2, -0.15) is 0 Å². The second-order valence-corrected chi connectivity index (χ2v) is 9.53. The minimum Gasteiger partial charge on any atom is -0.355 e. The molecular weight excluding hydrogens is 348 g/mol. The highest BCUT2D eigenvalue weighted by atomic mass is 32.2. The van der Waals surface area contributed by atoms with Gasteiger partial charge in [0, 0.05) is 19.5 Å². The molecule has 1 amide bonds. The van der Waals surface area contributed by atoms with Crippen molar-refractivity contribution in [1.29, 1.82) is 0 Å². The first-order chi connectivity index (χ1) is 12.6. The SMILES string of the molecule is O=C(CCCC1CCCCC1)NCCS(=O)(=O)N1CCc2ccccc21. The van der Waals surface area contributed by atoms with Crippen molar-refractivity contribution in [3.05, 3.63) is 29.8 Å². The molecule has 0 atom stereocenters. The molecule has 1 aromatic rings. The van der Waals surface area contributed by atoms with E-state index in [9.17, 15) is 13.2 Å². The van der Waals surface area contributed by atoms with Crippen LogP contribution in [0.1, 0.15) is 56.9 Å². The van der Waals surface area contributed by atoms with Crippen LogP contribution in [0.5, 0.6) is 0 Å². The van der Waals surface area contributed by atoms with Crippen LogP contribution >= 0.6 is 0 Å². The third-order valence-corrected chi connectivity index (χ3v) is 7.37. The van der Waals surface area contributed by atoms with Crippen LogP contribution in [0.2, 0.25) is 0 Å². The molecule has 1 aromatic carbocycles. The maximum Gasteiger partial charge on any atom is 0.236 e. The van der Waals surface area contributed by atoms with Gasteiger partial charge in [-0.3, -0.25) is 9.10 Å². The number of para-hydroxylation sites is 1. The van der Waals surface area contributed by atoms with E-state index in [-0.39, 0.29) is 18.2 Å². The Bertz CT molecular complexity index is 712. The number of hydrogen-bond donors (Lipinski definition) is 1. The summed E-state index contributed by atoms with van der Waals surface area (Å²) in [4.78, 5) is 12.0. The zero-order valence-electron chi connectivity index (χ0n) is 15.5. The van der Waals surface area contributed by atoms with E-state index in [1.165, 1.54) is 36.4 Å². The van der Waals surface area contributed by atoms with Gasteiger partial charge in [0.2, 0.25) is 15.9 Å². The Morgan fingerprint density at radius 3 is 2.73 bits per heavy atom. The van der Waals surface area contributed by atoms with Gasteiger partial charge in [-0.1, -0.05) is 50.3 Å². The Balaban J connectivity index is 1.38. The first-order valence-corrected chi connectivity index (χ1v) is 11.5. The van der Waals surface area contributed by atoms with Crippen molar-refractivity contribution < 1.29 is 13.2 Å². The van der Waals surface area contributed by atoms with Crippen LogP contribution in [0.15, 0.2) is 24.3 Å². The van der Waals surface area contributed by atoms with E-state index >= 15 is 0 Å². The van der Waals surface area contributed by atoms with Crippen molar-refractivity contribution in [2.75, 3.05) is 23.1 Å². The second kappa shape index (κ2) is 8.89. The topological polar surface area (TPSA) is 66.5 Å². The van der Waals surface area contributed by atoms with Gasteiger partial charge in [0.1, 0.15) is 0 Å². The smallest absolute Gasteiger partial charge is 0.236 e. The first kappa shape index (κ1) is 19.2. The highest BCUT2D eigenvalue weighted by molar-refractivity contribution is 7.92. The Hall–Kier alpha value is -1.56. The molecule has 6 heteroatoms. The maximum absolute atomic E-state index is 12.6. The van der Waals surface area contributed by atoms with E-state index in [4.69, 9.17) is 0 Å². The lowest BCUT2D eigenvalue weighted by Gasteiger charge is -2.21. The summed E-state index contributed by atoms with van der Waals surface area (Å²) in [7, 11) is -3.39. The summed E-state index contributed by atoms with van der Waals surface area (Å²) in [6.07, 6.45) is 9.90. The number of fused-ring (bicyclic) bond motifs is 1. The number of sulfonamides is 1. The minimum atomic E-state index is -3.39. The number of benzene rings is 1. The molecule has 1 N–H and O–H groups in total. The lowest BCUT2D eigenvalue weighted by atomic mass is 9.86. The number of rotatable bonds is 8. The van der Waals surface area contributed by atoms with Crippen LogP contribution in [0.25, 0.3) is 0 Å². The highest BCUT2D eigenvalue weighted by Crippen LogP contribution is 2.30. The van der Waals surface area contributed by atoms with Crippen LogP contribution < -0.4 is 9.62 Å². The Labute approximate surface area is 157 Å². The van der Waals surface area contributed by atoms with Gasteiger partial charge in [-0.15, -0.1) is 0 Å². The van der Waals surface area contributed by atoms with Crippen molar-refractivity contribution in [1.82, 2.24) is 5.32 Å². The quantitative estimate of drug-likeness (QED) is 0.755. The molecule has 26 heavy (non-hydrogen) atoms. The molecular formula is C20H30N2O3S. The second-order valence-electron chi connectivity index (χ2n) is 7.51. The van der Waals surface area contributed by atoms with Crippen LogP contribution in [-0.4, -0.2) is 33.2 Å². The van der Waals surface area contributed by atoms with E-state index in [1.54, 1.807) is 0 Å². The van der Waals surface area contributed by atoms with E-state index in [0.717, 1.165) is 36.4 Å². The van der Waals surface area contributed by atoms with Gasteiger partial charge in [0.15, 0.2) is 0 Å². The van der Waals surface area contributed by atoms with E-state index in [2.05, 4.69) is 5.32 Å². The van der Waals surface area contributed by atoms with E-state index in [0.29, 0.717) is 13.0 Å². The zero-order valence-corrected chi connectivity index (χ0v) is 16.3. The maximum atomic E-state index is 12.6. The molecule has 1 fully saturated rings. The Morgan fingerprint density at radius 1 is 1.15 bits per heavy atom. The van der Waals surface area contributed by atoms with Gasteiger partial charge < -0.3 is 5.32 Å². The molecule has 0 bridgehead atoms. The summed E-state index contributed by atoms with van der Waals surface area (Å²) in [6.45, 7) is 0.681. The van der Waals surface area contributed by atoms with Crippen molar-refractivity contribution in [2.24, 2.45) is 5.92 Å². The number of amides is 1. The average molecular weight is 379 g/mol. The zero-order chi connectivity index (χ0) is 18.4. The Kier molecular flexibility index (Phi) is 6.57. The van der Waals surface area contributed by atoms with Crippen molar-refractivity contribution in [2.45, 2.75) is 57.8 Å². The molecule has 5 nitrogen and oxygen atoms in total. The van der Waals surface area contributed by atoms with E-state index < -0.39 is 10.0 Å². The minimum absolute atomic E-state index is 0.0298. The van der Waals surface area contributed by atoms with Gasteiger partial charge in [0.05, 0.1) is 11.4 Å². The monoisotopic (exact) mass is 378 g/mol. The lowest BCUT2D eigenvalue weighted by molar-refractivity contribution is -0.121. The molecule has 1 aliphatic heterocycles. The van der Waals surface area contributed by atoms with Gasteiger partial charge in [-0.05, 0) is 36.8 Å². The van der Waals surface area contributed by atoms with Gasteiger partial charge in [-0.25, -0.2) is 8.42 Å². The Morgan fingerprint density at radius 2 is 1.92 bits per heavy atom. The third-order valence-electron chi connectivity index (χ3n) is 5.60. The molecule has 0 saturated heterocycles. The number of nitrogens with zero attached hydrogens (tertiary/aromatic N) is 1. The molecule has 144 valence electrons. The summed E-state index contributed by atoms with van der Waals surface area (Å²) in [5, 5.41) is 2.78. The van der Waals surface area contributed by atoms with Crippen molar-refractivity contribution in [3.8, 4) is 0 Å². The molecule has 1 aliphatic carbocycles. The fraction of sp³-hybridized carbons (Fsp3) is 0.650. The predicted octanol–water partition coefficient (Wildman–Crippen LogP) is 3.25. The van der Waals surface area contributed by atoms with Crippen LogP contribution in [0.3, 0.4) is 0 Å². The molecule has 0 aromatic heterocycles. The van der Waals surface area contributed by atoms with Gasteiger partial charge in [0.25, 0.3) is 0 Å². The number of carbonyl (C=O) groups excluding carboxylic acids is 1. The molecule has 2 aliphatic rings. The summed E-state index contributed by atoms with van der Waals surface area (Å²) in [5.74, 6) is 0.709. The number of hydrogen-bond acceptors (Lipinski definition) is 3. The number of carbonyl (C=O) groups is 1. The molecule has 0 spiro atoms.